The maximum absolute atomic E-state index is 11.5. The van der Waals surface area contributed by atoms with E-state index < -0.39 is 11.0 Å². The molecule has 3 rings (SSSR count). The lowest BCUT2D eigenvalue weighted by Gasteiger charge is -2.19. The lowest BCUT2D eigenvalue weighted by Crippen LogP contribution is -2.29. The molecule has 0 bridgehead atoms. The molecule has 7 nitrogen and oxygen atoms in total. The summed E-state index contributed by atoms with van der Waals surface area (Å²) < 4.78 is 0. The number of hydroxylamine groups is 1. The Morgan fingerprint density at radius 2 is 1.59 bits per heavy atom. The molecule has 136 valence electrons. The minimum Gasteiger partial charge on any atom is -0.463 e. The fraction of sp³-hybridized carbons (Fsp3) is 0.0500. The first-order valence-electron chi connectivity index (χ1n) is 8.10. The number of nitro groups is 1. The lowest BCUT2D eigenvalue weighted by molar-refractivity contribution is -0.384. The summed E-state index contributed by atoms with van der Waals surface area (Å²) in [5.41, 5.74) is 2.20. The van der Waals surface area contributed by atoms with Gasteiger partial charge in [-0.3, -0.25) is 15.0 Å². The fourth-order valence-corrected chi connectivity index (χ4v) is 2.61. The SMILES string of the molecule is O=C(O)N(OCc1ccccc1)c1ccc(-c2ccccc2[N+](=O)[O-])cc1. The molecule has 0 saturated heterocycles. The Kier molecular flexibility index (Phi) is 5.44. The molecular weight excluding hydrogens is 348 g/mol. The standard InChI is InChI=1S/C20H16N2O5/c23-20(24)21(27-14-15-6-2-1-3-7-15)17-12-10-16(11-13-17)18-8-4-5-9-19(18)22(25)26/h1-13H,14H2,(H,23,24). The van der Waals surface area contributed by atoms with Gasteiger partial charge in [0.05, 0.1) is 16.2 Å². The van der Waals surface area contributed by atoms with Crippen LogP contribution in [0.3, 0.4) is 0 Å². The highest BCUT2D eigenvalue weighted by molar-refractivity contribution is 5.84. The van der Waals surface area contributed by atoms with Crippen molar-refractivity contribution in [3.63, 3.8) is 0 Å². The van der Waals surface area contributed by atoms with E-state index in [0.29, 0.717) is 16.8 Å². The number of amides is 1. The average Bonchev–Trinajstić information content (AvgIpc) is 2.69. The molecule has 0 aliphatic carbocycles. The third-order valence-corrected chi connectivity index (χ3v) is 3.89. The van der Waals surface area contributed by atoms with Crippen molar-refractivity contribution < 1.29 is 19.7 Å². The van der Waals surface area contributed by atoms with Crippen LogP contribution in [0.2, 0.25) is 0 Å². The third-order valence-electron chi connectivity index (χ3n) is 3.89. The first kappa shape index (κ1) is 18.1. The molecule has 0 radical (unpaired) electrons. The van der Waals surface area contributed by atoms with E-state index in [9.17, 15) is 20.0 Å². The summed E-state index contributed by atoms with van der Waals surface area (Å²) >= 11 is 0. The first-order chi connectivity index (χ1) is 13.1. The fourth-order valence-electron chi connectivity index (χ4n) is 2.61. The molecule has 0 heterocycles. The van der Waals surface area contributed by atoms with Gasteiger partial charge in [-0.2, -0.15) is 5.06 Å². The molecule has 0 aromatic heterocycles. The van der Waals surface area contributed by atoms with Crippen LogP contribution in [0.1, 0.15) is 5.56 Å². The Morgan fingerprint density at radius 3 is 2.22 bits per heavy atom. The van der Waals surface area contributed by atoms with Crippen molar-refractivity contribution in [3.8, 4) is 11.1 Å². The molecule has 7 heteroatoms. The average molecular weight is 364 g/mol. The summed E-state index contributed by atoms with van der Waals surface area (Å²) in [5.74, 6) is 0. The van der Waals surface area contributed by atoms with E-state index in [1.807, 2.05) is 30.3 Å². The number of carbonyl (C=O) groups is 1. The second-order valence-corrected chi connectivity index (χ2v) is 5.66. The molecule has 3 aromatic rings. The van der Waals surface area contributed by atoms with Crippen LogP contribution in [-0.2, 0) is 11.4 Å². The van der Waals surface area contributed by atoms with Crippen molar-refractivity contribution in [3.05, 3.63) is 94.5 Å². The molecule has 0 atom stereocenters. The Bertz CT molecular complexity index is 942. The minimum atomic E-state index is -1.26. The summed E-state index contributed by atoms with van der Waals surface area (Å²) in [7, 11) is 0. The molecule has 3 aromatic carbocycles. The van der Waals surface area contributed by atoms with Crippen LogP contribution in [0.4, 0.5) is 16.2 Å². The summed E-state index contributed by atoms with van der Waals surface area (Å²) in [6, 6.07) is 21.9. The highest BCUT2D eigenvalue weighted by Crippen LogP contribution is 2.31. The summed E-state index contributed by atoms with van der Waals surface area (Å²) in [6.07, 6.45) is -1.26. The third kappa shape index (κ3) is 4.28. The number of nitrogens with zero attached hydrogens (tertiary/aromatic N) is 2. The molecular formula is C20H16N2O5. The maximum Gasteiger partial charge on any atom is 0.436 e. The highest BCUT2D eigenvalue weighted by Gasteiger charge is 2.18. The molecule has 0 unspecified atom stereocenters. The van der Waals surface area contributed by atoms with Crippen molar-refractivity contribution in [2.45, 2.75) is 6.61 Å². The number of rotatable bonds is 6. The number of nitro benzene ring substituents is 1. The Morgan fingerprint density at radius 1 is 0.963 bits per heavy atom. The zero-order chi connectivity index (χ0) is 19.2. The molecule has 0 aliphatic heterocycles. The monoisotopic (exact) mass is 364 g/mol. The molecule has 0 saturated carbocycles. The van der Waals surface area contributed by atoms with Gasteiger partial charge < -0.3 is 5.11 Å². The van der Waals surface area contributed by atoms with E-state index >= 15 is 0 Å². The largest absolute Gasteiger partial charge is 0.463 e. The maximum atomic E-state index is 11.5. The number of anilines is 1. The molecule has 0 spiro atoms. The van der Waals surface area contributed by atoms with Crippen LogP contribution in [0.25, 0.3) is 11.1 Å². The van der Waals surface area contributed by atoms with Crippen LogP contribution >= 0.6 is 0 Å². The number of hydrogen-bond acceptors (Lipinski definition) is 4. The van der Waals surface area contributed by atoms with Crippen molar-refractivity contribution >= 4 is 17.5 Å². The van der Waals surface area contributed by atoms with Gasteiger partial charge in [0.1, 0.15) is 6.61 Å². The Hall–Kier alpha value is -3.71. The van der Waals surface area contributed by atoms with E-state index in [-0.39, 0.29) is 12.3 Å². The van der Waals surface area contributed by atoms with Gasteiger partial charge in [-0.25, -0.2) is 4.79 Å². The van der Waals surface area contributed by atoms with Crippen LogP contribution in [0.5, 0.6) is 0 Å². The predicted octanol–water partition coefficient (Wildman–Crippen LogP) is 4.88. The van der Waals surface area contributed by atoms with Crippen LogP contribution < -0.4 is 5.06 Å². The number of benzene rings is 3. The number of carboxylic acid groups (broad SMARTS) is 1. The smallest absolute Gasteiger partial charge is 0.436 e. The topological polar surface area (TPSA) is 92.9 Å². The quantitative estimate of drug-likeness (QED) is 0.497. The molecule has 0 fully saturated rings. The van der Waals surface area contributed by atoms with E-state index in [4.69, 9.17) is 4.84 Å². The molecule has 1 amide bonds. The summed E-state index contributed by atoms with van der Waals surface area (Å²) in [6.45, 7) is 0.0963. The lowest BCUT2D eigenvalue weighted by atomic mass is 10.0. The van der Waals surface area contributed by atoms with E-state index in [0.717, 1.165) is 10.6 Å². The van der Waals surface area contributed by atoms with E-state index in [1.165, 1.54) is 6.07 Å². The van der Waals surface area contributed by atoms with Gasteiger partial charge in [-0.15, -0.1) is 0 Å². The van der Waals surface area contributed by atoms with Crippen molar-refractivity contribution in [1.82, 2.24) is 0 Å². The van der Waals surface area contributed by atoms with Crippen LogP contribution in [0.15, 0.2) is 78.9 Å². The minimum absolute atomic E-state index is 0.0133. The second kappa shape index (κ2) is 8.11. The zero-order valence-corrected chi connectivity index (χ0v) is 14.2. The summed E-state index contributed by atoms with van der Waals surface area (Å²) in [4.78, 5) is 27.7. The van der Waals surface area contributed by atoms with Gasteiger partial charge in [0.2, 0.25) is 0 Å². The van der Waals surface area contributed by atoms with Gasteiger partial charge >= 0.3 is 6.09 Å². The van der Waals surface area contributed by atoms with Gasteiger partial charge in [0.25, 0.3) is 5.69 Å². The Labute approximate surface area is 155 Å². The predicted molar refractivity (Wildman–Crippen MR) is 100 cm³/mol. The van der Waals surface area contributed by atoms with E-state index in [2.05, 4.69) is 0 Å². The highest BCUT2D eigenvalue weighted by atomic mass is 16.7. The van der Waals surface area contributed by atoms with Gasteiger partial charge in [0.15, 0.2) is 0 Å². The van der Waals surface area contributed by atoms with E-state index in [1.54, 1.807) is 42.5 Å². The molecule has 27 heavy (non-hydrogen) atoms. The number of para-hydroxylation sites is 1. The van der Waals surface area contributed by atoms with Gasteiger partial charge in [0, 0.05) is 6.07 Å². The van der Waals surface area contributed by atoms with Crippen LogP contribution in [-0.4, -0.2) is 16.1 Å². The van der Waals surface area contributed by atoms with Crippen molar-refractivity contribution in [2.75, 3.05) is 5.06 Å². The van der Waals surface area contributed by atoms with Gasteiger partial charge in [-0.05, 0) is 29.3 Å². The molecule has 0 aliphatic rings. The van der Waals surface area contributed by atoms with Crippen molar-refractivity contribution in [2.24, 2.45) is 0 Å². The normalized spacial score (nSPS) is 10.4. The first-order valence-corrected chi connectivity index (χ1v) is 8.10. The van der Waals surface area contributed by atoms with Crippen molar-refractivity contribution in [1.29, 1.82) is 0 Å². The number of hydrogen-bond donors (Lipinski definition) is 1. The van der Waals surface area contributed by atoms with Gasteiger partial charge in [-0.1, -0.05) is 54.6 Å². The second-order valence-electron chi connectivity index (χ2n) is 5.66. The Balaban J connectivity index is 1.82. The van der Waals surface area contributed by atoms with Crippen LogP contribution in [0, 0.1) is 10.1 Å². The summed E-state index contributed by atoms with van der Waals surface area (Å²) in [5, 5.41) is 21.4. The molecule has 1 N–H and O–H groups in total. The zero-order valence-electron chi connectivity index (χ0n) is 14.2.